The second-order valence-electron chi connectivity index (χ2n) is 10.4. The summed E-state index contributed by atoms with van der Waals surface area (Å²) in [6.07, 6.45) is 2.12. The summed E-state index contributed by atoms with van der Waals surface area (Å²) in [7, 11) is 0. The number of nitrogens with one attached hydrogen (secondary N) is 1. The number of likely N-dealkylation sites (tertiary alicyclic amines) is 1. The number of hydrogen-bond acceptors (Lipinski definition) is 5. The van der Waals surface area contributed by atoms with Crippen molar-refractivity contribution in [1.82, 2.24) is 15.1 Å². The number of aliphatic hydroxyl groups is 1. The molecular weight excluding hydrogens is 408 g/mol. The lowest BCUT2D eigenvalue weighted by atomic mass is 9.66. The highest BCUT2D eigenvalue weighted by Gasteiger charge is 2.65. The smallest absolute Gasteiger partial charge is 0.261 e. The molecular formula is C24H33N4O4+. The number of carbonyl (C=O) groups is 3. The lowest BCUT2D eigenvalue weighted by Gasteiger charge is -2.46. The molecule has 8 nitrogen and oxygen atoms in total. The number of aromatic nitrogens is 1. The van der Waals surface area contributed by atoms with Crippen LogP contribution in [0.1, 0.15) is 68.2 Å². The van der Waals surface area contributed by atoms with E-state index < -0.39 is 17.6 Å². The average Bonchev–Trinajstić information content (AvgIpc) is 3.20. The maximum Gasteiger partial charge on any atom is 0.261 e. The zero-order valence-corrected chi connectivity index (χ0v) is 19.2. The van der Waals surface area contributed by atoms with Gasteiger partial charge >= 0.3 is 0 Å². The predicted octanol–water partition coefficient (Wildman–Crippen LogP) is 0.694. The predicted molar refractivity (Wildman–Crippen MR) is 115 cm³/mol. The van der Waals surface area contributed by atoms with Gasteiger partial charge in [0.2, 0.25) is 23.2 Å². The Morgan fingerprint density at radius 2 is 2.06 bits per heavy atom. The van der Waals surface area contributed by atoms with E-state index in [2.05, 4.69) is 35.6 Å². The third-order valence-electron chi connectivity index (χ3n) is 8.11. The van der Waals surface area contributed by atoms with Crippen molar-refractivity contribution < 1.29 is 24.1 Å². The molecule has 3 atom stereocenters. The molecule has 2 saturated heterocycles. The number of fused-ring (bicyclic) bond motifs is 5. The van der Waals surface area contributed by atoms with Crippen LogP contribution in [-0.2, 0) is 28.3 Å². The maximum atomic E-state index is 13.2. The SMILES string of the molecule is CCC12CN(CC(C)C)CCC1(O)c1ccc3c([n+]1C2)CN(C1CCC(=O)NC1=O)C3=O. The van der Waals surface area contributed by atoms with E-state index in [1.165, 1.54) is 0 Å². The Hall–Kier alpha value is -2.32. The third-order valence-corrected chi connectivity index (χ3v) is 8.11. The molecule has 0 radical (unpaired) electrons. The van der Waals surface area contributed by atoms with Crippen molar-refractivity contribution in [3.63, 3.8) is 0 Å². The highest BCUT2D eigenvalue weighted by atomic mass is 16.3. The van der Waals surface area contributed by atoms with Gasteiger partial charge in [0.1, 0.15) is 18.2 Å². The first-order valence-electron chi connectivity index (χ1n) is 11.8. The zero-order valence-electron chi connectivity index (χ0n) is 19.2. The molecule has 0 bridgehead atoms. The molecule has 3 unspecified atom stereocenters. The van der Waals surface area contributed by atoms with Gasteiger partial charge in [0, 0.05) is 32.1 Å². The van der Waals surface area contributed by atoms with E-state index >= 15 is 0 Å². The second kappa shape index (κ2) is 7.35. The standard InChI is InChI=1S/C24H32N4O4/c1-4-23-13-26(11-15(2)3)10-9-24(23,32)19-7-5-16-18(28(19)14-23)12-27(22(16)31)17-6-8-20(29)25-21(17)30/h5,7,15,17,32H,4,6,8-14H2,1-3H3/p+1. The first-order valence-corrected chi connectivity index (χ1v) is 11.8. The quantitative estimate of drug-likeness (QED) is 0.530. The minimum absolute atomic E-state index is 0.168. The molecule has 2 fully saturated rings. The zero-order chi connectivity index (χ0) is 22.8. The fourth-order valence-corrected chi connectivity index (χ4v) is 6.46. The number of pyridine rings is 1. The van der Waals surface area contributed by atoms with Crippen molar-refractivity contribution in [2.45, 2.75) is 71.2 Å². The van der Waals surface area contributed by atoms with Crippen LogP contribution in [0.4, 0.5) is 0 Å². The number of rotatable bonds is 4. The molecule has 8 heteroatoms. The molecule has 0 saturated carbocycles. The highest BCUT2D eigenvalue weighted by molar-refractivity contribution is 6.05. The number of amides is 3. The van der Waals surface area contributed by atoms with Crippen molar-refractivity contribution in [1.29, 1.82) is 0 Å². The van der Waals surface area contributed by atoms with Gasteiger partial charge in [-0.1, -0.05) is 20.8 Å². The van der Waals surface area contributed by atoms with E-state index in [9.17, 15) is 19.5 Å². The number of piperidine rings is 2. The Bertz CT molecular complexity index is 1010. The number of hydrogen-bond donors (Lipinski definition) is 2. The summed E-state index contributed by atoms with van der Waals surface area (Å²) in [6.45, 7) is 10.3. The average molecular weight is 442 g/mol. The van der Waals surface area contributed by atoms with Crippen LogP contribution in [0.25, 0.3) is 0 Å². The van der Waals surface area contributed by atoms with Gasteiger partial charge in [0.15, 0.2) is 12.1 Å². The van der Waals surface area contributed by atoms with Crippen LogP contribution in [0, 0.1) is 11.3 Å². The second-order valence-corrected chi connectivity index (χ2v) is 10.4. The molecule has 0 spiro atoms. The molecule has 4 aliphatic heterocycles. The van der Waals surface area contributed by atoms with Crippen LogP contribution in [0.15, 0.2) is 12.1 Å². The maximum absolute atomic E-state index is 13.2. The van der Waals surface area contributed by atoms with Crippen LogP contribution in [0.2, 0.25) is 0 Å². The van der Waals surface area contributed by atoms with Crippen LogP contribution >= 0.6 is 0 Å². The van der Waals surface area contributed by atoms with E-state index in [4.69, 9.17) is 0 Å². The van der Waals surface area contributed by atoms with Crippen LogP contribution < -0.4 is 9.88 Å². The van der Waals surface area contributed by atoms with E-state index in [1.807, 2.05) is 12.1 Å². The van der Waals surface area contributed by atoms with Gasteiger partial charge in [0.05, 0.1) is 5.41 Å². The summed E-state index contributed by atoms with van der Waals surface area (Å²) < 4.78 is 2.15. The van der Waals surface area contributed by atoms with Gasteiger partial charge < -0.3 is 14.9 Å². The molecule has 3 amide bonds. The number of nitrogens with zero attached hydrogens (tertiary/aromatic N) is 3. The molecule has 32 heavy (non-hydrogen) atoms. The van der Waals surface area contributed by atoms with Gasteiger partial charge in [-0.15, -0.1) is 0 Å². The fourth-order valence-electron chi connectivity index (χ4n) is 6.46. The van der Waals surface area contributed by atoms with E-state index in [-0.39, 0.29) is 23.7 Å². The Morgan fingerprint density at radius 1 is 1.28 bits per heavy atom. The van der Waals surface area contributed by atoms with Gasteiger partial charge in [0.25, 0.3) is 5.91 Å². The molecule has 0 aliphatic carbocycles. The van der Waals surface area contributed by atoms with Gasteiger partial charge in [-0.2, -0.15) is 4.57 Å². The van der Waals surface area contributed by atoms with Crippen LogP contribution in [0.3, 0.4) is 0 Å². The molecule has 2 N–H and O–H groups in total. The van der Waals surface area contributed by atoms with Crippen molar-refractivity contribution in [3.05, 3.63) is 29.1 Å². The minimum atomic E-state index is -0.921. The van der Waals surface area contributed by atoms with Crippen LogP contribution in [-0.4, -0.2) is 58.3 Å². The van der Waals surface area contributed by atoms with E-state index in [0.717, 1.165) is 37.4 Å². The lowest BCUT2D eigenvalue weighted by molar-refractivity contribution is -0.706. The molecule has 4 aliphatic rings. The molecule has 5 rings (SSSR count). The molecule has 172 valence electrons. The number of carbonyl (C=O) groups excluding carboxylic acids is 3. The number of imide groups is 1. The molecule has 1 aromatic rings. The molecule has 5 heterocycles. The molecule has 1 aromatic heterocycles. The Balaban J connectivity index is 1.49. The van der Waals surface area contributed by atoms with E-state index in [0.29, 0.717) is 37.4 Å². The Morgan fingerprint density at radius 3 is 2.75 bits per heavy atom. The summed E-state index contributed by atoms with van der Waals surface area (Å²) >= 11 is 0. The van der Waals surface area contributed by atoms with Crippen molar-refractivity contribution in [2.24, 2.45) is 11.3 Å². The summed E-state index contributed by atoms with van der Waals surface area (Å²) in [5.41, 5.74) is 1.15. The van der Waals surface area contributed by atoms with Crippen LogP contribution in [0.5, 0.6) is 0 Å². The highest BCUT2D eigenvalue weighted by Crippen LogP contribution is 2.52. The first kappa shape index (κ1) is 21.5. The Labute approximate surface area is 188 Å². The van der Waals surface area contributed by atoms with Crippen molar-refractivity contribution in [2.75, 3.05) is 19.6 Å². The fraction of sp³-hybridized carbons (Fsp3) is 0.667. The topological polar surface area (TPSA) is 93.8 Å². The minimum Gasteiger partial charge on any atom is -0.378 e. The third kappa shape index (κ3) is 2.95. The van der Waals surface area contributed by atoms with Gasteiger partial charge in [-0.25, -0.2) is 0 Å². The Kier molecular flexibility index (Phi) is 4.94. The normalized spacial score (nSPS) is 32.2. The van der Waals surface area contributed by atoms with E-state index in [1.54, 1.807) is 4.90 Å². The lowest BCUT2D eigenvalue weighted by Crippen LogP contribution is -2.56. The largest absolute Gasteiger partial charge is 0.378 e. The summed E-state index contributed by atoms with van der Waals surface area (Å²) in [6, 6.07) is 3.11. The summed E-state index contributed by atoms with van der Waals surface area (Å²) in [5.74, 6) is -0.285. The summed E-state index contributed by atoms with van der Waals surface area (Å²) in [5, 5.41) is 14.4. The van der Waals surface area contributed by atoms with Gasteiger partial charge in [-0.05, 0) is 31.2 Å². The first-order chi connectivity index (χ1) is 15.2. The summed E-state index contributed by atoms with van der Waals surface area (Å²) in [4.78, 5) is 41.3. The van der Waals surface area contributed by atoms with Crippen molar-refractivity contribution in [3.8, 4) is 0 Å². The van der Waals surface area contributed by atoms with Crippen molar-refractivity contribution >= 4 is 17.7 Å². The van der Waals surface area contributed by atoms with Gasteiger partial charge in [-0.3, -0.25) is 19.7 Å². The molecule has 0 aromatic carbocycles. The monoisotopic (exact) mass is 441 g/mol.